The molecular formula is C9H21N3O2S. The molecular weight excluding hydrogens is 214 g/mol. The summed E-state index contributed by atoms with van der Waals surface area (Å²) in [5.74, 6) is 0. The number of nitrogens with two attached hydrogens (primary N) is 1. The third kappa shape index (κ3) is 2.69. The zero-order valence-corrected chi connectivity index (χ0v) is 10.3. The molecule has 1 rings (SSSR count). The molecule has 1 aliphatic heterocycles. The third-order valence-electron chi connectivity index (χ3n) is 2.82. The lowest BCUT2D eigenvalue weighted by Crippen LogP contribution is -2.46. The van der Waals surface area contributed by atoms with Gasteiger partial charge < -0.3 is 5.73 Å². The molecule has 0 radical (unpaired) electrons. The Hall–Kier alpha value is -0.170. The summed E-state index contributed by atoms with van der Waals surface area (Å²) in [5.41, 5.74) is 5.57. The summed E-state index contributed by atoms with van der Waals surface area (Å²) < 4.78 is 27.1. The quantitative estimate of drug-likeness (QED) is 0.729. The molecule has 1 heterocycles. The molecule has 0 aromatic carbocycles. The van der Waals surface area contributed by atoms with Crippen LogP contribution in [0.25, 0.3) is 0 Å². The first kappa shape index (κ1) is 12.9. The lowest BCUT2D eigenvalue weighted by atomic mass is 10.2. The average Bonchev–Trinajstić information content (AvgIpc) is 2.66. The van der Waals surface area contributed by atoms with Gasteiger partial charge in [-0.3, -0.25) is 0 Å². The fourth-order valence-electron chi connectivity index (χ4n) is 1.96. The molecule has 0 aromatic heterocycles. The van der Waals surface area contributed by atoms with Crippen LogP contribution in [0, 0.1) is 0 Å². The predicted octanol–water partition coefficient (Wildman–Crippen LogP) is -0.00390. The third-order valence-corrected chi connectivity index (χ3v) is 4.87. The number of hydrogen-bond donors (Lipinski definition) is 1. The van der Waals surface area contributed by atoms with Crippen LogP contribution in [0.1, 0.15) is 26.2 Å². The molecule has 1 atom stereocenters. The lowest BCUT2D eigenvalue weighted by Gasteiger charge is -2.27. The van der Waals surface area contributed by atoms with E-state index < -0.39 is 10.2 Å². The fraction of sp³-hybridized carbons (Fsp3) is 1.00. The van der Waals surface area contributed by atoms with Gasteiger partial charge in [-0.15, -0.1) is 0 Å². The van der Waals surface area contributed by atoms with Crippen molar-refractivity contribution in [3.8, 4) is 0 Å². The molecule has 1 saturated heterocycles. The second kappa shape index (κ2) is 5.25. The van der Waals surface area contributed by atoms with Gasteiger partial charge in [0.05, 0.1) is 0 Å². The molecule has 0 spiro atoms. The molecule has 0 saturated carbocycles. The van der Waals surface area contributed by atoms with E-state index in [1.807, 2.05) is 6.92 Å². The van der Waals surface area contributed by atoms with E-state index in [0.29, 0.717) is 19.6 Å². The smallest absolute Gasteiger partial charge is 0.282 e. The standard InChI is InChI=1S/C9H21N3O2S/c1-3-6-11(2)15(13,14)12-7-4-5-9(12)8-10/h9H,3-8,10H2,1-2H3. The molecule has 0 aliphatic carbocycles. The summed E-state index contributed by atoms with van der Waals surface area (Å²) in [4.78, 5) is 0. The summed E-state index contributed by atoms with van der Waals surface area (Å²) in [6.07, 6.45) is 2.63. The Morgan fingerprint density at radius 1 is 1.53 bits per heavy atom. The minimum Gasteiger partial charge on any atom is -0.329 e. The van der Waals surface area contributed by atoms with Gasteiger partial charge >= 0.3 is 0 Å². The molecule has 0 aromatic rings. The molecule has 1 fully saturated rings. The molecule has 15 heavy (non-hydrogen) atoms. The van der Waals surface area contributed by atoms with Crippen molar-refractivity contribution in [1.82, 2.24) is 8.61 Å². The van der Waals surface area contributed by atoms with Gasteiger partial charge in [-0.1, -0.05) is 6.92 Å². The van der Waals surface area contributed by atoms with Gasteiger partial charge in [-0.25, -0.2) is 0 Å². The Bertz CT molecular complexity index is 292. The molecule has 90 valence electrons. The Kier molecular flexibility index (Phi) is 4.51. The zero-order valence-electron chi connectivity index (χ0n) is 9.52. The van der Waals surface area contributed by atoms with Gasteiger partial charge in [-0.05, 0) is 19.3 Å². The van der Waals surface area contributed by atoms with Crippen molar-refractivity contribution in [3.05, 3.63) is 0 Å². The van der Waals surface area contributed by atoms with Crippen LogP contribution in [0.2, 0.25) is 0 Å². The largest absolute Gasteiger partial charge is 0.329 e. The number of rotatable bonds is 5. The molecule has 6 heteroatoms. The minimum atomic E-state index is -3.28. The second-order valence-corrected chi connectivity index (χ2v) is 5.96. The first-order chi connectivity index (χ1) is 7.04. The van der Waals surface area contributed by atoms with E-state index in [1.54, 1.807) is 11.4 Å². The van der Waals surface area contributed by atoms with Crippen molar-refractivity contribution in [2.24, 2.45) is 5.73 Å². The Balaban J connectivity index is 2.76. The number of hydrogen-bond acceptors (Lipinski definition) is 3. The molecule has 2 N–H and O–H groups in total. The van der Waals surface area contributed by atoms with Crippen LogP contribution in [0.15, 0.2) is 0 Å². The summed E-state index contributed by atoms with van der Waals surface area (Å²) in [6, 6.07) is -0.00527. The Morgan fingerprint density at radius 3 is 2.73 bits per heavy atom. The van der Waals surface area contributed by atoms with E-state index in [-0.39, 0.29) is 6.04 Å². The molecule has 1 aliphatic rings. The predicted molar refractivity (Wildman–Crippen MR) is 60.6 cm³/mol. The summed E-state index contributed by atoms with van der Waals surface area (Å²) in [5, 5.41) is 0. The van der Waals surface area contributed by atoms with Gasteiger partial charge in [0.25, 0.3) is 10.2 Å². The van der Waals surface area contributed by atoms with E-state index in [2.05, 4.69) is 0 Å². The fourth-order valence-corrected chi connectivity index (χ4v) is 3.66. The van der Waals surface area contributed by atoms with Crippen molar-refractivity contribution in [3.63, 3.8) is 0 Å². The molecule has 0 amide bonds. The summed E-state index contributed by atoms with van der Waals surface area (Å²) >= 11 is 0. The van der Waals surface area contributed by atoms with Crippen LogP contribution in [-0.2, 0) is 10.2 Å². The highest BCUT2D eigenvalue weighted by molar-refractivity contribution is 7.86. The highest BCUT2D eigenvalue weighted by Gasteiger charge is 2.35. The van der Waals surface area contributed by atoms with Crippen LogP contribution in [-0.4, -0.2) is 49.8 Å². The van der Waals surface area contributed by atoms with Gasteiger partial charge in [0.15, 0.2) is 0 Å². The molecule has 5 nitrogen and oxygen atoms in total. The van der Waals surface area contributed by atoms with E-state index >= 15 is 0 Å². The van der Waals surface area contributed by atoms with E-state index in [4.69, 9.17) is 5.73 Å². The Labute approximate surface area is 92.4 Å². The second-order valence-electron chi connectivity index (χ2n) is 3.97. The van der Waals surface area contributed by atoms with Crippen molar-refractivity contribution >= 4 is 10.2 Å². The van der Waals surface area contributed by atoms with Gasteiger partial charge in [-0.2, -0.15) is 17.0 Å². The topological polar surface area (TPSA) is 66.6 Å². The maximum Gasteiger partial charge on any atom is 0.282 e. The summed E-state index contributed by atoms with van der Waals surface area (Å²) in [6.45, 7) is 3.56. The zero-order chi connectivity index (χ0) is 11.5. The van der Waals surface area contributed by atoms with Crippen molar-refractivity contribution < 1.29 is 8.42 Å². The lowest BCUT2D eigenvalue weighted by molar-refractivity contribution is 0.346. The van der Waals surface area contributed by atoms with E-state index in [1.165, 1.54) is 4.31 Å². The van der Waals surface area contributed by atoms with Crippen molar-refractivity contribution in [1.29, 1.82) is 0 Å². The molecule has 0 bridgehead atoms. The SMILES string of the molecule is CCCN(C)S(=O)(=O)N1CCCC1CN. The average molecular weight is 235 g/mol. The van der Waals surface area contributed by atoms with Crippen LogP contribution >= 0.6 is 0 Å². The first-order valence-electron chi connectivity index (χ1n) is 5.47. The van der Waals surface area contributed by atoms with Crippen molar-refractivity contribution in [2.45, 2.75) is 32.2 Å². The first-order valence-corrected chi connectivity index (χ1v) is 6.87. The minimum absolute atomic E-state index is 0.00527. The molecule has 1 unspecified atom stereocenters. The number of nitrogens with zero attached hydrogens (tertiary/aromatic N) is 2. The highest BCUT2D eigenvalue weighted by atomic mass is 32.2. The van der Waals surface area contributed by atoms with E-state index in [0.717, 1.165) is 19.3 Å². The van der Waals surface area contributed by atoms with Crippen LogP contribution in [0.4, 0.5) is 0 Å². The van der Waals surface area contributed by atoms with Crippen LogP contribution < -0.4 is 5.73 Å². The van der Waals surface area contributed by atoms with Crippen molar-refractivity contribution in [2.75, 3.05) is 26.7 Å². The van der Waals surface area contributed by atoms with Gasteiger partial charge in [0.2, 0.25) is 0 Å². The monoisotopic (exact) mass is 235 g/mol. The van der Waals surface area contributed by atoms with Gasteiger partial charge in [0, 0.05) is 32.7 Å². The normalized spacial score (nSPS) is 23.9. The maximum atomic E-state index is 12.1. The van der Waals surface area contributed by atoms with Crippen LogP contribution in [0.5, 0.6) is 0 Å². The summed E-state index contributed by atoms with van der Waals surface area (Å²) in [7, 11) is -1.65. The Morgan fingerprint density at radius 2 is 2.20 bits per heavy atom. The highest BCUT2D eigenvalue weighted by Crippen LogP contribution is 2.21. The maximum absolute atomic E-state index is 12.1. The van der Waals surface area contributed by atoms with Gasteiger partial charge in [0.1, 0.15) is 0 Å². The van der Waals surface area contributed by atoms with E-state index in [9.17, 15) is 8.42 Å². The van der Waals surface area contributed by atoms with Crippen LogP contribution in [0.3, 0.4) is 0 Å².